The monoisotopic (exact) mass is 488 g/mol. The van der Waals surface area contributed by atoms with E-state index in [9.17, 15) is 9.59 Å². The van der Waals surface area contributed by atoms with E-state index in [0.29, 0.717) is 5.56 Å². The van der Waals surface area contributed by atoms with Crippen molar-refractivity contribution in [2.45, 2.75) is 44.9 Å². The molecule has 3 aromatic carbocycles. The number of hydrogen-bond donors (Lipinski definition) is 0. The van der Waals surface area contributed by atoms with Gasteiger partial charge in [-0.15, -0.1) is 0 Å². The van der Waals surface area contributed by atoms with Gasteiger partial charge >= 0.3 is 11.9 Å². The second-order valence-electron chi connectivity index (χ2n) is 9.97. The maximum atomic E-state index is 12.8. The molecule has 182 valence electrons. The topological polar surface area (TPSA) is 61.8 Å². The molecule has 35 heavy (non-hydrogen) atoms. The normalized spacial score (nSPS) is 20.3. The molecule has 0 bridgehead atoms. The zero-order valence-corrected chi connectivity index (χ0v) is 21.6. The minimum atomic E-state index is -2.83. The van der Waals surface area contributed by atoms with Crippen molar-refractivity contribution in [1.29, 1.82) is 0 Å². The molecule has 0 N–H and O–H groups in total. The SMILES string of the molecule is C[C@@H]1C(=O)O[C@H](CO[Si](c2ccccc2)(c2ccccc2)C(C)(C)C)[C@H]1OC(=O)c1ccccc1. The van der Waals surface area contributed by atoms with Gasteiger partial charge < -0.3 is 13.9 Å². The number of rotatable bonds is 7. The Bertz CT molecular complexity index is 1100. The number of esters is 2. The Morgan fingerprint density at radius 1 is 0.857 bits per heavy atom. The molecule has 4 rings (SSSR count). The highest BCUT2D eigenvalue weighted by atomic mass is 28.4. The van der Waals surface area contributed by atoms with Crippen molar-refractivity contribution < 1.29 is 23.5 Å². The zero-order chi connectivity index (χ0) is 25.1. The molecular weight excluding hydrogens is 456 g/mol. The van der Waals surface area contributed by atoms with E-state index in [0.717, 1.165) is 10.4 Å². The number of hydrogen-bond acceptors (Lipinski definition) is 5. The van der Waals surface area contributed by atoms with E-state index < -0.39 is 32.4 Å². The van der Waals surface area contributed by atoms with Crippen LogP contribution >= 0.6 is 0 Å². The summed E-state index contributed by atoms with van der Waals surface area (Å²) in [5.74, 6) is -1.43. The number of benzene rings is 3. The Balaban J connectivity index is 1.66. The summed E-state index contributed by atoms with van der Waals surface area (Å²) in [6.07, 6.45) is -1.42. The van der Waals surface area contributed by atoms with E-state index in [1.807, 2.05) is 42.5 Å². The number of carbonyl (C=O) groups excluding carboxylic acids is 2. The van der Waals surface area contributed by atoms with Crippen LogP contribution in [0.2, 0.25) is 5.04 Å². The van der Waals surface area contributed by atoms with E-state index in [1.165, 1.54) is 0 Å². The van der Waals surface area contributed by atoms with Crippen LogP contribution in [0.1, 0.15) is 38.1 Å². The molecule has 0 aromatic heterocycles. The van der Waals surface area contributed by atoms with Gasteiger partial charge in [0, 0.05) is 0 Å². The van der Waals surface area contributed by atoms with Crippen LogP contribution in [-0.2, 0) is 18.7 Å². The van der Waals surface area contributed by atoms with Gasteiger partial charge in [-0.2, -0.15) is 0 Å². The number of cyclic esters (lactones) is 1. The lowest BCUT2D eigenvalue weighted by atomic mass is 10.0. The highest BCUT2D eigenvalue weighted by Crippen LogP contribution is 2.37. The maximum absolute atomic E-state index is 12.8. The summed E-state index contributed by atoms with van der Waals surface area (Å²) in [7, 11) is -2.83. The van der Waals surface area contributed by atoms with Crippen LogP contribution in [0, 0.1) is 5.92 Å². The second-order valence-corrected chi connectivity index (χ2v) is 14.3. The Kier molecular flexibility index (Phi) is 7.24. The van der Waals surface area contributed by atoms with Crippen LogP contribution < -0.4 is 10.4 Å². The molecule has 0 spiro atoms. The Labute approximate surface area is 208 Å². The van der Waals surface area contributed by atoms with Crippen molar-refractivity contribution >= 4 is 30.6 Å². The van der Waals surface area contributed by atoms with E-state index in [-0.39, 0.29) is 17.6 Å². The quantitative estimate of drug-likeness (QED) is 0.366. The van der Waals surface area contributed by atoms with Crippen LogP contribution in [0.3, 0.4) is 0 Å². The van der Waals surface area contributed by atoms with Gasteiger partial charge in [0.15, 0.2) is 12.2 Å². The molecule has 0 radical (unpaired) electrons. The molecular formula is C29H32O5Si. The Morgan fingerprint density at radius 2 is 1.34 bits per heavy atom. The summed E-state index contributed by atoms with van der Waals surface area (Å²) in [6, 6.07) is 29.3. The lowest BCUT2D eigenvalue weighted by Crippen LogP contribution is -2.67. The van der Waals surface area contributed by atoms with E-state index in [2.05, 4.69) is 45.0 Å². The third-order valence-corrected chi connectivity index (χ3v) is 11.6. The van der Waals surface area contributed by atoms with Crippen LogP contribution in [0.5, 0.6) is 0 Å². The molecule has 5 nitrogen and oxygen atoms in total. The number of ether oxygens (including phenoxy) is 2. The molecule has 6 heteroatoms. The van der Waals surface area contributed by atoms with Crippen molar-refractivity contribution in [3.05, 3.63) is 96.6 Å². The smallest absolute Gasteiger partial charge is 0.338 e. The summed E-state index contributed by atoms with van der Waals surface area (Å²) in [4.78, 5) is 25.3. The third kappa shape index (κ3) is 4.95. The fourth-order valence-corrected chi connectivity index (χ4v) is 9.39. The third-order valence-electron chi connectivity index (χ3n) is 6.63. The van der Waals surface area contributed by atoms with Crippen LogP contribution in [0.4, 0.5) is 0 Å². The first-order valence-corrected chi connectivity index (χ1v) is 13.9. The highest BCUT2D eigenvalue weighted by molar-refractivity contribution is 6.99. The standard InChI is InChI=1S/C29H32O5Si/c1-21-26(34-28(31)22-14-8-5-9-15-22)25(33-27(21)30)20-32-35(29(2,3)4,23-16-10-6-11-17-23)24-18-12-7-13-19-24/h5-19,21,25-26H,20H2,1-4H3/t21-,25+,26-/m0/s1. The predicted molar refractivity (Wildman–Crippen MR) is 138 cm³/mol. The molecule has 1 heterocycles. The van der Waals surface area contributed by atoms with Crippen molar-refractivity contribution in [2.24, 2.45) is 5.92 Å². The van der Waals surface area contributed by atoms with Gasteiger partial charge in [0.25, 0.3) is 8.32 Å². The second kappa shape index (κ2) is 10.2. The summed E-state index contributed by atoms with van der Waals surface area (Å²) >= 11 is 0. The Morgan fingerprint density at radius 3 is 1.83 bits per heavy atom. The van der Waals surface area contributed by atoms with Crippen molar-refractivity contribution in [1.82, 2.24) is 0 Å². The highest BCUT2D eigenvalue weighted by Gasteiger charge is 2.52. The van der Waals surface area contributed by atoms with E-state index in [1.54, 1.807) is 31.2 Å². The molecule has 0 aliphatic carbocycles. The first-order chi connectivity index (χ1) is 16.7. The summed E-state index contributed by atoms with van der Waals surface area (Å²) in [6.45, 7) is 8.43. The van der Waals surface area contributed by atoms with Crippen LogP contribution in [-0.4, -0.2) is 39.1 Å². The molecule has 0 amide bonds. The van der Waals surface area contributed by atoms with Gasteiger partial charge in [-0.1, -0.05) is 99.6 Å². The fourth-order valence-electron chi connectivity index (χ4n) is 4.82. The van der Waals surface area contributed by atoms with Gasteiger partial charge in [0.1, 0.15) is 0 Å². The van der Waals surface area contributed by atoms with Crippen LogP contribution in [0.25, 0.3) is 0 Å². The van der Waals surface area contributed by atoms with Crippen LogP contribution in [0.15, 0.2) is 91.0 Å². The maximum Gasteiger partial charge on any atom is 0.338 e. The lowest BCUT2D eigenvalue weighted by molar-refractivity contribution is -0.145. The molecule has 1 saturated heterocycles. The van der Waals surface area contributed by atoms with E-state index >= 15 is 0 Å². The van der Waals surface area contributed by atoms with Gasteiger partial charge in [0.05, 0.1) is 18.1 Å². The zero-order valence-electron chi connectivity index (χ0n) is 20.6. The average molecular weight is 489 g/mol. The van der Waals surface area contributed by atoms with Crippen molar-refractivity contribution in [3.8, 4) is 0 Å². The first kappa shape index (κ1) is 24.9. The summed E-state index contributed by atoms with van der Waals surface area (Å²) in [5.41, 5.74) is 0.436. The molecule has 1 fully saturated rings. The average Bonchev–Trinajstić information content (AvgIpc) is 3.13. The van der Waals surface area contributed by atoms with Gasteiger partial charge in [-0.3, -0.25) is 4.79 Å². The Hall–Kier alpha value is -3.22. The van der Waals surface area contributed by atoms with Gasteiger partial charge in [-0.25, -0.2) is 4.79 Å². The minimum absolute atomic E-state index is 0.135. The predicted octanol–water partition coefficient (Wildman–Crippen LogP) is 4.35. The largest absolute Gasteiger partial charge is 0.456 e. The van der Waals surface area contributed by atoms with E-state index in [4.69, 9.17) is 13.9 Å². The minimum Gasteiger partial charge on any atom is -0.456 e. The molecule has 1 aliphatic heterocycles. The molecule has 0 saturated carbocycles. The van der Waals surface area contributed by atoms with Crippen molar-refractivity contribution in [3.63, 3.8) is 0 Å². The fraction of sp³-hybridized carbons (Fsp3) is 0.310. The molecule has 0 unspecified atom stereocenters. The lowest BCUT2D eigenvalue weighted by Gasteiger charge is -2.43. The van der Waals surface area contributed by atoms with Crippen molar-refractivity contribution in [2.75, 3.05) is 6.61 Å². The van der Waals surface area contributed by atoms with Gasteiger partial charge in [0.2, 0.25) is 0 Å². The molecule has 3 aromatic rings. The summed E-state index contributed by atoms with van der Waals surface area (Å²) < 4.78 is 18.4. The molecule has 1 aliphatic rings. The number of carbonyl (C=O) groups is 2. The first-order valence-electron chi connectivity index (χ1n) is 12.0. The molecule has 3 atom stereocenters. The summed E-state index contributed by atoms with van der Waals surface area (Å²) in [5, 5.41) is 2.04. The van der Waals surface area contributed by atoms with Gasteiger partial charge in [-0.05, 0) is 34.5 Å².